The molecule has 1 amide bonds. The zero-order chi connectivity index (χ0) is 20.3. The number of esters is 1. The number of hydrogen-bond acceptors (Lipinski definition) is 4. The fraction of sp³-hybridized carbons (Fsp3) is 0.389. The van der Waals surface area contributed by atoms with E-state index >= 15 is 0 Å². The molecule has 1 N–H and O–H groups in total. The third kappa shape index (κ3) is 4.82. The molecule has 2 aromatic rings. The number of carbonyl (C=O) groups is 2. The smallest absolute Gasteiger partial charge is 0.343 e. The van der Waals surface area contributed by atoms with Gasteiger partial charge >= 0.3 is 5.97 Å². The fourth-order valence-corrected chi connectivity index (χ4v) is 2.69. The Balaban J connectivity index is 2.11. The number of hydrogen-bond donors (Lipinski definition) is 1. The maximum Gasteiger partial charge on any atom is 0.343 e. The van der Waals surface area contributed by atoms with Crippen molar-refractivity contribution in [2.45, 2.75) is 40.3 Å². The van der Waals surface area contributed by atoms with Gasteiger partial charge in [0.05, 0.1) is 5.69 Å². The van der Waals surface area contributed by atoms with Crippen molar-refractivity contribution in [2.75, 3.05) is 5.32 Å². The lowest BCUT2D eigenvalue weighted by molar-refractivity contribution is -0.123. The number of nitrogens with one attached hydrogen (secondary N) is 1. The van der Waals surface area contributed by atoms with Gasteiger partial charge in [-0.2, -0.15) is 5.10 Å². The van der Waals surface area contributed by atoms with Gasteiger partial charge in [0, 0.05) is 6.54 Å². The van der Waals surface area contributed by atoms with E-state index in [-0.39, 0.29) is 16.6 Å². The van der Waals surface area contributed by atoms with Crippen LogP contribution in [0.25, 0.3) is 0 Å². The van der Waals surface area contributed by atoms with Crippen LogP contribution in [0.2, 0.25) is 5.15 Å². The second kappa shape index (κ2) is 8.47. The molecule has 0 saturated heterocycles. The Morgan fingerprint density at radius 1 is 1.26 bits per heavy atom. The van der Waals surface area contributed by atoms with Crippen molar-refractivity contribution in [1.29, 1.82) is 0 Å². The molecule has 1 atom stereocenters. The van der Waals surface area contributed by atoms with E-state index in [0.717, 1.165) is 12.1 Å². The van der Waals surface area contributed by atoms with Crippen molar-refractivity contribution >= 4 is 29.2 Å². The second-order valence-electron chi connectivity index (χ2n) is 6.46. The highest BCUT2D eigenvalue weighted by Gasteiger charge is 2.26. The minimum absolute atomic E-state index is 0.0500. The van der Waals surface area contributed by atoms with E-state index < -0.39 is 35.3 Å². The molecule has 2 rings (SSSR count). The molecule has 0 aliphatic rings. The van der Waals surface area contributed by atoms with Gasteiger partial charge in [0.25, 0.3) is 5.91 Å². The van der Waals surface area contributed by atoms with E-state index in [1.54, 1.807) is 6.92 Å². The summed E-state index contributed by atoms with van der Waals surface area (Å²) in [5.74, 6) is -3.34. The van der Waals surface area contributed by atoms with E-state index in [4.69, 9.17) is 16.3 Å². The predicted octanol–water partition coefficient (Wildman–Crippen LogP) is 3.96. The van der Waals surface area contributed by atoms with E-state index in [1.807, 2.05) is 13.8 Å². The van der Waals surface area contributed by atoms with Gasteiger partial charge in [0.15, 0.2) is 6.10 Å². The largest absolute Gasteiger partial charge is 0.449 e. The molecule has 0 spiro atoms. The van der Waals surface area contributed by atoms with Crippen LogP contribution in [0.15, 0.2) is 18.2 Å². The molecule has 9 heteroatoms. The van der Waals surface area contributed by atoms with E-state index in [1.165, 1.54) is 17.7 Å². The first-order chi connectivity index (χ1) is 12.6. The highest BCUT2D eigenvalue weighted by atomic mass is 35.5. The number of ether oxygens (including phenoxy) is 1. The number of para-hydroxylation sites is 1. The topological polar surface area (TPSA) is 73.2 Å². The summed E-state index contributed by atoms with van der Waals surface area (Å²) in [6.07, 6.45) is -1.31. The SMILES string of the molecule is Cc1nn(CC(C)C)c(Cl)c1C(=O)O[C@H](C)C(=O)Nc1c(F)cccc1F. The Morgan fingerprint density at radius 3 is 2.41 bits per heavy atom. The maximum atomic E-state index is 13.6. The normalized spacial score (nSPS) is 12.1. The number of carbonyl (C=O) groups excluding carboxylic acids is 2. The summed E-state index contributed by atoms with van der Waals surface area (Å²) in [4.78, 5) is 24.5. The molecular formula is C18H20ClF2N3O3. The zero-order valence-electron chi connectivity index (χ0n) is 15.3. The van der Waals surface area contributed by atoms with Gasteiger partial charge in [0.2, 0.25) is 0 Å². The quantitative estimate of drug-likeness (QED) is 0.746. The van der Waals surface area contributed by atoms with Crippen LogP contribution in [0.3, 0.4) is 0 Å². The first kappa shape index (κ1) is 20.8. The number of amides is 1. The molecule has 6 nitrogen and oxygen atoms in total. The van der Waals surface area contributed by atoms with Gasteiger partial charge in [-0.3, -0.25) is 9.48 Å². The summed E-state index contributed by atoms with van der Waals surface area (Å²) in [7, 11) is 0. The molecule has 0 aliphatic carbocycles. The van der Waals surface area contributed by atoms with Crippen LogP contribution >= 0.6 is 11.6 Å². The average molecular weight is 400 g/mol. The van der Waals surface area contributed by atoms with Crippen molar-refractivity contribution in [3.05, 3.63) is 46.2 Å². The van der Waals surface area contributed by atoms with Crippen molar-refractivity contribution in [3.63, 3.8) is 0 Å². The molecule has 0 fully saturated rings. The van der Waals surface area contributed by atoms with Gasteiger partial charge in [-0.05, 0) is 31.9 Å². The Morgan fingerprint density at radius 2 is 1.85 bits per heavy atom. The van der Waals surface area contributed by atoms with Crippen LogP contribution in [-0.4, -0.2) is 27.8 Å². The number of halogens is 3. The van der Waals surface area contributed by atoms with Crippen LogP contribution in [0.1, 0.15) is 36.8 Å². The van der Waals surface area contributed by atoms with Gasteiger partial charge in [-0.1, -0.05) is 31.5 Å². The van der Waals surface area contributed by atoms with E-state index in [0.29, 0.717) is 12.2 Å². The Kier molecular flexibility index (Phi) is 6.54. The zero-order valence-corrected chi connectivity index (χ0v) is 16.1. The fourth-order valence-electron chi connectivity index (χ4n) is 2.37. The highest BCUT2D eigenvalue weighted by Crippen LogP contribution is 2.23. The Labute approximate surface area is 160 Å². The first-order valence-electron chi connectivity index (χ1n) is 8.30. The highest BCUT2D eigenvalue weighted by molar-refractivity contribution is 6.32. The maximum absolute atomic E-state index is 13.6. The molecule has 0 aliphatic heterocycles. The third-order valence-electron chi connectivity index (χ3n) is 3.67. The number of rotatable bonds is 6. The summed E-state index contributed by atoms with van der Waals surface area (Å²) in [6, 6.07) is 3.17. The van der Waals surface area contributed by atoms with Gasteiger partial charge in [-0.15, -0.1) is 0 Å². The lowest BCUT2D eigenvalue weighted by Crippen LogP contribution is -2.30. The summed E-state index contributed by atoms with van der Waals surface area (Å²) < 4.78 is 33.8. The second-order valence-corrected chi connectivity index (χ2v) is 6.82. The molecule has 0 unspecified atom stereocenters. The predicted molar refractivity (Wildman–Crippen MR) is 96.7 cm³/mol. The van der Waals surface area contributed by atoms with Crippen LogP contribution in [0, 0.1) is 24.5 Å². The number of benzene rings is 1. The number of aryl methyl sites for hydroxylation is 1. The van der Waals surface area contributed by atoms with Gasteiger partial charge < -0.3 is 10.1 Å². The van der Waals surface area contributed by atoms with Crippen molar-refractivity contribution in [3.8, 4) is 0 Å². The minimum Gasteiger partial charge on any atom is -0.449 e. The summed E-state index contributed by atoms with van der Waals surface area (Å²) in [5, 5.41) is 6.38. The Hall–Kier alpha value is -2.48. The molecule has 0 saturated carbocycles. The molecule has 1 heterocycles. The summed E-state index contributed by atoms with van der Waals surface area (Å²) in [5.41, 5.74) is -0.197. The minimum atomic E-state index is -1.31. The van der Waals surface area contributed by atoms with E-state index in [9.17, 15) is 18.4 Å². The molecule has 1 aromatic heterocycles. The van der Waals surface area contributed by atoms with E-state index in [2.05, 4.69) is 10.4 Å². The number of nitrogens with zero attached hydrogens (tertiary/aromatic N) is 2. The van der Waals surface area contributed by atoms with Gasteiger partial charge in [0.1, 0.15) is 28.0 Å². The lowest BCUT2D eigenvalue weighted by Gasteiger charge is -2.14. The van der Waals surface area contributed by atoms with Crippen molar-refractivity contribution < 1.29 is 23.1 Å². The van der Waals surface area contributed by atoms with Crippen LogP contribution in [0.5, 0.6) is 0 Å². The monoisotopic (exact) mass is 399 g/mol. The first-order valence-corrected chi connectivity index (χ1v) is 8.68. The Bertz CT molecular complexity index is 848. The molecule has 0 bridgehead atoms. The van der Waals surface area contributed by atoms with Crippen molar-refractivity contribution in [1.82, 2.24) is 9.78 Å². The van der Waals surface area contributed by atoms with Crippen LogP contribution in [0.4, 0.5) is 14.5 Å². The molecule has 1 aromatic carbocycles. The third-order valence-corrected chi connectivity index (χ3v) is 4.06. The van der Waals surface area contributed by atoms with Crippen LogP contribution < -0.4 is 5.32 Å². The number of aromatic nitrogens is 2. The summed E-state index contributed by atoms with van der Waals surface area (Å²) in [6.45, 7) is 7.33. The summed E-state index contributed by atoms with van der Waals surface area (Å²) >= 11 is 6.20. The molecule has 146 valence electrons. The average Bonchev–Trinajstić information content (AvgIpc) is 2.83. The lowest BCUT2D eigenvalue weighted by atomic mass is 10.2. The molecule has 0 radical (unpaired) electrons. The molecule has 27 heavy (non-hydrogen) atoms. The number of anilines is 1. The van der Waals surface area contributed by atoms with Crippen molar-refractivity contribution in [2.24, 2.45) is 5.92 Å². The van der Waals surface area contributed by atoms with Crippen LogP contribution in [-0.2, 0) is 16.1 Å². The standard InChI is InChI=1S/C18H20ClF2N3O3/c1-9(2)8-24-16(19)14(10(3)23-24)18(26)27-11(4)17(25)22-15-12(20)6-5-7-13(15)21/h5-7,9,11H,8H2,1-4H3,(H,22,25)/t11-/m1/s1. The van der Waals surface area contributed by atoms with Gasteiger partial charge in [-0.25, -0.2) is 13.6 Å². The molecular weight excluding hydrogens is 380 g/mol.